The quantitative estimate of drug-likeness (QED) is 0.475. The Labute approximate surface area is 64.0 Å². The predicted molar refractivity (Wildman–Crippen MR) is 33.6 cm³/mol. The molecule has 0 aliphatic heterocycles. The molecule has 0 amide bonds. The second-order valence-corrected chi connectivity index (χ2v) is 1.75. The Morgan fingerprint density at radius 3 is 2.17 bits per heavy atom. The molecule has 0 atom stereocenters. The van der Waals surface area contributed by atoms with Gasteiger partial charge in [0.05, 0.1) is 0 Å². The van der Waals surface area contributed by atoms with Gasteiger partial charge in [-0.15, -0.1) is 0 Å². The highest BCUT2D eigenvalue weighted by Crippen LogP contribution is 2.24. The summed E-state index contributed by atoms with van der Waals surface area (Å²) in [5.74, 6) is -2.74. The van der Waals surface area contributed by atoms with E-state index in [0.717, 1.165) is 0 Å². The zero-order valence-electron chi connectivity index (χ0n) is 5.42. The van der Waals surface area contributed by atoms with Crippen LogP contribution in [0.2, 0.25) is 0 Å². The number of aromatic hydroxyl groups is 1. The van der Waals surface area contributed by atoms with E-state index in [-0.39, 0.29) is 0 Å². The van der Waals surface area contributed by atoms with Crippen LogP contribution in [0.4, 0.5) is 11.8 Å². The SMILES string of the molecule is O=[N+]([O-])c1nc([N+](=O)[O-])c(O)[nH]1. The Balaban J connectivity index is 3.17. The molecule has 0 aromatic carbocycles. The number of H-pyrrole nitrogens is 1. The summed E-state index contributed by atoms with van der Waals surface area (Å²) in [5.41, 5.74) is 0. The number of aromatic nitrogens is 2. The lowest BCUT2D eigenvalue weighted by Gasteiger charge is -1.83. The topological polar surface area (TPSA) is 135 Å². The first-order valence-corrected chi connectivity index (χ1v) is 2.60. The number of nitro groups is 2. The second-order valence-electron chi connectivity index (χ2n) is 1.75. The van der Waals surface area contributed by atoms with Gasteiger partial charge in [-0.2, -0.15) is 4.98 Å². The second kappa shape index (κ2) is 2.45. The van der Waals surface area contributed by atoms with Crippen LogP contribution < -0.4 is 0 Å². The highest BCUT2D eigenvalue weighted by Gasteiger charge is 2.26. The van der Waals surface area contributed by atoms with Gasteiger partial charge < -0.3 is 25.3 Å². The normalized spacial score (nSPS) is 9.67. The lowest BCUT2D eigenvalue weighted by molar-refractivity contribution is -0.402. The molecule has 0 unspecified atom stereocenters. The molecule has 1 rings (SSSR count). The molecule has 64 valence electrons. The van der Waals surface area contributed by atoms with Gasteiger partial charge in [-0.05, 0) is 9.85 Å². The number of nitrogens with zero attached hydrogens (tertiary/aromatic N) is 3. The van der Waals surface area contributed by atoms with Gasteiger partial charge in [0.15, 0.2) is 0 Å². The van der Waals surface area contributed by atoms with Crippen LogP contribution >= 0.6 is 0 Å². The lowest BCUT2D eigenvalue weighted by atomic mass is 10.7. The van der Waals surface area contributed by atoms with Crippen LogP contribution in [0.3, 0.4) is 0 Å². The fraction of sp³-hybridized carbons (Fsp3) is 0. The van der Waals surface area contributed by atoms with E-state index < -0.39 is 27.5 Å². The first-order valence-electron chi connectivity index (χ1n) is 2.60. The monoisotopic (exact) mass is 174 g/mol. The molecular formula is C3H2N4O5. The van der Waals surface area contributed by atoms with E-state index in [1.165, 1.54) is 0 Å². The van der Waals surface area contributed by atoms with Crippen molar-refractivity contribution in [2.75, 3.05) is 0 Å². The van der Waals surface area contributed by atoms with Crippen molar-refractivity contribution in [1.29, 1.82) is 0 Å². The third-order valence-electron chi connectivity index (χ3n) is 1.000. The fourth-order valence-corrected chi connectivity index (χ4v) is 0.557. The van der Waals surface area contributed by atoms with Gasteiger partial charge in [-0.3, -0.25) is 0 Å². The lowest BCUT2D eigenvalue weighted by Crippen LogP contribution is -1.91. The van der Waals surface area contributed by atoms with Crippen molar-refractivity contribution in [1.82, 2.24) is 9.97 Å². The van der Waals surface area contributed by atoms with Gasteiger partial charge in [0, 0.05) is 4.98 Å². The average molecular weight is 174 g/mol. The van der Waals surface area contributed by atoms with Crippen molar-refractivity contribution in [3.63, 3.8) is 0 Å². The van der Waals surface area contributed by atoms with Crippen molar-refractivity contribution in [3.8, 4) is 5.88 Å². The van der Waals surface area contributed by atoms with E-state index in [1.54, 1.807) is 4.98 Å². The van der Waals surface area contributed by atoms with E-state index in [2.05, 4.69) is 4.98 Å². The molecule has 0 spiro atoms. The van der Waals surface area contributed by atoms with E-state index >= 15 is 0 Å². The predicted octanol–water partition coefficient (Wildman–Crippen LogP) is -0.0683. The van der Waals surface area contributed by atoms with Gasteiger partial charge in [-0.1, -0.05) is 0 Å². The fourth-order valence-electron chi connectivity index (χ4n) is 0.557. The molecule has 9 nitrogen and oxygen atoms in total. The Morgan fingerprint density at radius 1 is 1.33 bits per heavy atom. The first kappa shape index (κ1) is 7.91. The first-order chi connectivity index (χ1) is 5.52. The van der Waals surface area contributed by atoms with E-state index in [0.29, 0.717) is 0 Å². The maximum absolute atomic E-state index is 10.00. The number of hydrogen-bond donors (Lipinski definition) is 2. The highest BCUT2D eigenvalue weighted by atomic mass is 16.6. The van der Waals surface area contributed by atoms with Crippen LogP contribution in [0.1, 0.15) is 0 Å². The molecule has 1 heterocycles. The third-order valence-corrected chi connectivity index (χ3v) is 1.000. The van der Waals surface area contributed by atoms with E-state index in [9.17, 15) is 20.2 Å². The molecule has 0 aliphatic carbocycles. The summed E-state index contributed by atoms with van der Waals surface area (Å²) in [7, 11) is 0. The van der Waals surface area contributed by atoms with Crippen molar-refractivity contribution in [2.45, 2.75) is 0 Å². The summed E-state index contributed by atoms with van der Waals surface area (Å²) in [4.78, 5) is 22.6. The standard InChI is InChI=1S/C3H2N4O5/c8-2-1(6(9)10)4-3(5-2)7(11)12/h8H,(H,4,5). The summed E-state index contributed by atoms with van der Waals surface area (Å²) in [6.07, 6.45) is 0. The minimum absolute atomic E-state index is 0.862. The Kier molecular flexibility index (Phi) is 1.62. The molecular weight excluding hydrogens is 172 g/mol. The largest absolute Gasteiger partial charge is 0.477 e. The molecule has 9 heteroatoms. The molecule has 1 aromatic heterocycles. The van der Waals surface area contributed by atoms with Crippen LogP contribution in [-0.4, -0.2) is 24.9 Å². The molecule has 12 heavy (non-hydrogen) atoms. The van der Waals surface area contributed by atoms with Crippen molar-refractivity contribution in [3.05, 3.63) is 20.2 Å². The van der Waals surface area contributed by atoms with Gasteiger partial charge in [0.2, 0.25) is 0 Å². The van der Waals surface area contributed by atoms with Crippen LogP contribution in [0.5, 0.6) is 5.88 Å². The molecule has 0 aliphatic rings. The summed E-state index contributed by atoms with van der Waals surface area (Å²) in [6, 6.07) is 0. The number of hydrogen-bond acceptors (Lipinski definition) is 6. The molecule has 1 aromatic rings. The summed E-state index contributed by atoms with van der Waals surface area (Å²) < 4.78 is 0. The average Bonchev–Trinajstić information content (AvgIpc) is 2.30. The number of imidazole rings is 1. The van der Waals surface area contributed by atoms with E-state index in [1.807, 2.05) is 0 Å². The summed E-state index contributed by atoms with van der Waals surface area (Å²) >= 11 is 0. The van der Waals surface area contributed by atoms with Crippen molar-refractivity contribution >= 4 is 11.8 Å². The van der Waals surface area contributed by atoms with Crippen LogP contribution in [0.25, 0.3) is 0 Å². The number of aromatic amines is 1. The van der Waals surface area contributed by atoms with Crippen LogP contribution in [0, 0.1) is 20.2 Å². The summed E-state index contributed by atoms with van der Waals surface area (Å²) in [6.45, 7) is 0. The zero-order chi connectivity index (χ0) is 9.30. The van der Waals surface area contributed by atoms with Gasteiger partial charge >= 0.3 is 17.6 Å². The maximum Gasteiger partial charge on any atom is 0.475 e. The molecule has 0 saturated heterocycles. The third kappa shape index (κ3) is 1.14. The number of nitrogens with one attached hydrogen (secondary N) is 1. The Bertz CT molecular complexity index is 342. The van der Waals surface area contributed by atoms with Crippen LogP contribution in [0.15, 0.2) is 0 Å². The summed E-state index contributed by atoms with van der Waals surface area (Å²) in [5, 5.41) is 28.7. The highest BCUT2D eigenvalue weighted by molar-refractivity contribution is 5.36. The van der Waals surface area contributed by atoms with Crippen molar-refractivity contribution < 1.29 is 15.0 Å². The molecule has 0 saturated carbocycles. The molecule has 2 N–H and O–H groups in total. The molecule has 0 radical (unpaired) electrons. The Hall–Kier alpha value is -2.19. The molecule has 0 bridgehead atoms. The zero-order valence-corrected chi connectivity index (χ0v) is 5.42. The van der Waals surface area contributed by atoms with Gasteiger partial charge in [-0.25, -0.2) is 0 Å². The minimum atomic E-state index is -1.03. The molecule has 0 fully saturated rings. The van der Waals surface area contributed by atoms with E-state index in [4.69, 9.17) is 5.11 Å². The Morgan fingerprint density at radius 2 is 1.92 bits per heavy atom. The smallest absolute Gasteiger partial charge is 0.475 e. The van der Waals surface area contributed by atoms with Gasteiger partial charge in [0.1, 0.15) is 0 Å². The minimum Gasteiger partial charge on any atom is -0.477 e. The van der Waals surface area contributed by atoms with Crippen molar-refractivity contribution in [2.24, 2.45) is 0 Å². The number of rotatable bonds is 2. The van der Waals surface area contributed by atoms with Gasteiger partial charge in [0.25, 0.3) is 0 Å². The maximum atomic E-state index is 10.00. The van der Waals surface area contributed by atoms with Crippen LogP contribution in [-0.2, 0) is 0 Å².